The Morgan fingerprint density at radius 1 is 1.10 bits per heavy atom. The molecule has 1 aliphatic heterocycles. The molecule has 3 rings (SSSR count). The highest BCUT2D eigenvalue weighted by Crippen LogP contribution is 2.33. The van der Waals surface area contributed by atoms with Crippen molar-refractivity contribution in [3.8, 4) is 0 Å². The van der Waals surface area contributed by atoms with Gasteiger partial charge < -0.3 is 20.8 Å². The molecule has 0 saturated heterocycles. The summed E-state index contributed by atoms with van der Waals surface area (Å²) >= 11 is 6.41. The third kappa shape index (κ3) is 7.00. The van der Waals surface area contributed by atoms with E-state index in [1.54, 1.807) is 6.07 Å². The van der Waals surface area contributed by atoms with Crippen LogP contribution in [0.15, 0.2) is 36.4 Å². The van der Waals surface area contributed by atoms with E-state index in [1.165, 1.54) is 17.2 Å². The first-order chi connectivity index (χ1) is 14.3. The zero-order valence-corrected chi connectivity index (χ0v) is 17.5. The molecule has 1 aliphatic rings. The molecule has 1 heterocycles. The van der Waals surface area contributed by atoms with Gasteiger partial charge in [-0.05, 0) is 56.1 Å². The van der Waals surface area contributed by atoms with Crippen molar-refractivity contribution in [3.63, 3.8) is 0 Å². The molecule has 2 aromatic rings. The molecular formula is C22H26ClFN2O4. The van der Waals surface area contributed by atoms with Gasteiger partial charge in [0, 0.05) is 5.56 Å². The van der Waals surface area contributed by atoms with Crippen molar-refractivity contribution in [2.75, 3.05) is 18.4 Å². The Labute approximate surface area is 180 Å². The van der Waals surface area contributed by atoms with E-state index in [1.807, 2.05) is 25.1 Å². The van der Waals surface area contributed by atoms with Crippen molar-refractivity contribution in [1.82, 2.24) is 5.32 Å². The van der Waals surface area contributed by atoms with Crippen LogP contribution in [0.3, 0.4) is 0 Å². The smallest absolute Gasteiger partial charge is 0.303 e. The number of anilines is 1. The van der Waals surface area contributed by atoms with E-state index in [9.17, 15) is 14.0 Å². The summed E-state index contributed by atoms with van der Waals surface area (Å²) in [6.07, 6.45) is 1.34. The van der Waals surface area contributed by atoms with Gasteiger partial charge in [0.15, 0.2) is 0 Å². The van der Waals surface area contributed by atoms with Gasteiger partial charge in [-0.2, -0.15) is 0 Å². The number of carboxylic acid groups (broad SMARTS) is 2. The molecule has 1 unspecified atom stereocenters. The number of aliphatic carboxylic acids is 2. The van der Waals surface area contributed by atoms with Gasteiger partial charge in [0.2, 0.25) is 0 Å². The Hall–Kier alpha value is -2.64. The maximum Gasteiger partial charge on any atom is 0.303 e. The van der Waals surface area contributed by atoms with Crippen LogP contribution in [0.4, 0.5) is 10.1 Å². The van der Waals surface area contributed by atoms with Crippen LogP contribution in [0.1, 0.15) is 42.5 Å². The first-order valence-corrected chi connectivity index (χ1v) is 10.1. The Balaban J connectivity index is 0.000000343. The van der Waals surface area contributed by atoms with E-state index in [0.717, 1.165) is 31.6 Å². The van der Waals surface area contributed by atoms with Gasteiger partial charge >= 0.3 is 11.9 Å². The van der Waals surface area contributed by atoms with Crippen LogP contribution < -0.4 is 10.6 Å². The first kappa shape index (κ1) is 23.6. The molecule has 30 heavy (non-hydrogen) atoms. The highest BCUT2D eigenvalue weighted by molar-refractivity contribution is 6.33. The normalized spacial score (nSPS) is 13.8. The molecule has 0 fully saturated rings. The predicted octanol–water partition coefficient (Wildman–Crippen LogP) is 4.28. The minimum absolute atomic E-state index is 0.138. The van der Waals surface area contributed by atoms with Gasteiger partial charge in [-0.1, -0.05) is 35.9 Å². The maximum atomic E-state index is 14.0. The van der Waals surface area contributed by atoms with Crippen LogP contribution in [-0.2, 0) is 22.4 Å². The number of carbonyl (C=O) groups is 2. The lowest BCUT2D eigenvalue weighted by Crippen LogP contribution is -2.16. The third-order valence-corrected chi connectivity index (χ3v) is 5.08. The van der Waals surface area contributed by atoms with Gasteiger partial charge in [0.25, 0.3) is 0 Å². The van der Waals surface area contributed by atoms with Crippen LogP contribution >= 0.6 is 11.6 Å². The Morgan fingerprint density at radius 2 is 1.73 bits per heavy atom. The third-order valence-electron chi connectivity index (χ3n) is 4.77. The second kappa shape index (κ2) is 11.5. The summed E-state index contributed by atoms with van der Waals surface area (Å²) < 4.78 is 14.0. The average Bonchev–Trinajstić information content (AvgIpc) is 2.95. The van der Waals surface area contributed by atoms with Crippen molar-refractivity contribution < 1.29 is 24.2 Å². The number of rotatable bonds is 6. The molecule has 0 spiro atoms. The Morgan fingerprint density at radius 3 is 2.37 bits per heavy atom. The number of hydrogen-bond acceptors (Lipinski definition) is 4. The summed E-state index contributed by atoms with van der Waals surface area (Å²) in [5, 5.41) is 23.3. The minimum Gasteiger partial charge on any atom is -0.481 e. The number of halogens is 2. The van der Waals surface area contributed by atoms with Gasteiger partial charge in [0.1, 0.15) is 5.82 Å². The molecular weight excluding hydrogens is 411 g/mol. The zero-order chi connectivity index (χ0) is 22.1. The lowest BCUT2D eigenvalue weighted by Gasteiger charge is -2.21. The van der Waals surface area contributed by atoms with Crippen molar-refractivity contribution in [2.45, 2.75) is 38.6 Å². The summed E-state index contributed by atoms with van der Waals surface area (Å²) in [6.45, 7) is 3.89. The fraction of sp³-hybridized carbons (Fsp3) is 0.364. The molecule has 162 valence electrons. The monoisotopic (exact) mass is 436 g/mol. The summed E-state index contributed by atoms with van der Waals surface area (Å²) in [6, 6.07) is 10.8. The number of nitrogens with one attached hydrogen (secondary N) is 2. The Bertz CT molecular complexity index is 877. The minimum atomic E-state index is -1.08. The fourth-order valence-electron chi connectivity index (χ4n) is 3.23. The molecule has 0 aromatic heterocycles. The molecule has 6 nitrogen and oxygen atoms in total. The highest BCUT2D eigenvalue weighted by atomic mass is 35.5. The molecule has 0 bridgehead atoms. The van der Waals surface area contributed by atoms with E-state index < -0.39 is 11.9 Å². The first-order valence-electron chi connectivity index (χ1n) is 9.75. The number of hydrogen-bond donors (Lipinski definition) is 4. The van der Waals surface area contributed by atoms with Crippen molar-refractivity contribution in [2.24, 2.45) is 0 Å². The lowest BCUT2D eigenvalue weighted by molar-refractivity contribution is -0.143. The fourth-order valence-corrected chi connectivity index (χ4v) is 3.47. The predicted molar refractivity (Wildman–Crippen MR) is 115 cm³/mol. The second-order valence-corrected chi connectivity index (χ2v) is 7.39. The molecule has 1 atom stereocenters. The summed E-state index contributed by atoms with van der Waals surface area (Å²) in [7, 11) is 0. The van der Waals surface area contributed by atoms with Gasteiger partial charge in [0.05, 0.1) is 29.6 Å². The number of carboxylic acids is 2. The van der Waals surface area contributed by atoms with E-state index in [-0.39, 0.29) is 24.7 Å². The molecule has 0 saturated carbocycles. The topological polar surface area (TPSA) is 98.7 Å². The molecule has 0 amide bonds. The largest absolute Gasteiger partial charge is 0.481 e. The number of benzene rings is 2. The van der Waals surface area contributed by atoms with Crippen LogP contribution in [0.2, 0.25) is 5.02 Å². The molecule has 4 N–H and O–H groups in total. The molecule has 8 heteroatoms. The summed E-state index contributed by atoms with van der Waals surface area (Å²) in [4.78, 5) is 19.3. The van der Waals surface area contributed by atoms with E-state index >= 15 is 0 Å². The second-order valence-electron chi connectivity index (χ2n) is 6.99. The number of fused-ring (bicyclic) bond motifs is 1. The van der Waals surface area contributed by atoms with Crippen LogP contribution in [0, 0.1) is 5.82 Å². The van der Waals surface area contributed by atoms with E-state index in [2.05, 4.69) is 16.7 Å². The van der Waals surface area contributed by atoms with E-state index in [4.69, 9.17) is 21.8 Å². The Kier molecular flexibility index (Phi) is 9.08. The maximum absolute atomic E-state index is 14.0. The molecule has 0 aliphatic carbocycles. The lowest BCUT2D eigenvalue weighted by atomic mass is 9.99. The van der Waals surface area contributed by atoms with Crippen LogP contribution in [0.5, 0.6) is 0 Å². The van der Waals surface area contributed by atoms with Crippen molar-refractivity contribution >= 4 is 29.2 Å². The quantitative estimate of drug-likeness (QED) is 0.539. The van der Waals surface area contributed by atoms with Gasteiger partial charge in [-0.15, -0.1) is 0 Å². The standard InChI is InChI=1S/C18H20ClFN2.C4H6O4/c1-12(14-4-2-3-5-17(14)20)22-18-15-9-11-21-10-8-13(15)6-7-16(18)19;5-3(6)1-2-4(7)8/h2-7,12,21-22H,8-11H2,1H3;1-2H2,(H,5,6)(H,7,8). The molecule has 2 aromatic carbocycles. The highest BCUT2D eigenvalue weighted by Gasteiger charge is 2.18. The van der Waals surface area contributed by atoms with Gasteiger partial charge in [-0.3, -0.25) is 9.59 Å². The summed E-state index contributed by atoms with van der Waals surface area (Å²) in [5.74, 6) is -2.35. The average molecular weight is 437 g/mol. The molecule has 0 radical (unpaired) electrons. The van der Waals surface area contributed by atoms with Crippen molar-refractivity contribution in [1.29, 1.82) is 0 Å². The van der Waals surface area contributed by atoms with E-state index in [0.29, 0.717) is 10.6 Å². The zero-order valence-electron chi connectivity index (χ0n) is 16.8. The van der Waals surface area contributed by atoms with Crippen LogP contribution in [0.25, 0.3) is 0 Å². The summed E-state index contributed by atoms with van der Waals surface area (Å²) in [5.41, 5.74) is 4.17. The SMILES string of the molecule is CC(Nc1c(Cl)ccc2c1CCNCC2)c1ccccc1F.O=C(O)CCC(=O)O. The van der Waals surface area contributed by atoms with Crippen LogP contribution in [-0.4, -0.2) is 35.2 Å². The van der Waals surface area contributed by atoms with Gasteiger partial charge in [-0.25, -0.2) is 4.39 Å². The van der Waals surface area contributed by atoms with Crippen molar-refractivity contribution in [3.05, 3.63) is 63.9 Å².